The fourth-order valence-corrected chi connectivity index (χ4v) is 8.72. The van der Waals surface area contributed by atoms with Crippen LogP contribution in [-0.2, 0) is 20.0 Å². The number of carbonyl (C=O) groups excluding carboxylic acids is 1. The lowest BCUT2D eigenvalue weighted by Crippen LogP contribution is -2.44. The first-order chi connectivity index (χ1) is 19.4. The first-order valence-corrected chi connectivity index (χ1v) is 17.3. The molecule has 0 radical (unpaired) electrons. The summed E-state index contributed by atoms with van der Waals surface area (Å²) in [4.78, 5) is 13.1. The summed E-state index contributed by atoms with van der Waals surface area (Å²) >= 11 is 0. The molecule has 5 rings (SSSR count). The maximum Gasteiger partial charge on any atom is 0.255 e. The second-order valence-electron chi connectivity index (χ2n) is 11.0. The number of hydrogen-bond acceptors (Lipinski definition) is 6. The molecule has 1 aliphatic heterocycles. The summed E-state index contributed by atoms with van der Waals surface area (Å²) in [6.45, 7) is 0.658. The molecule has 1 aromatic heterocycles. The third-order valence-electron chi connectivity index (χ3n) is 8.39. The van der Waals surface area contributed by atoms with Gasteiger partial charge in [-0.05, 0) is 67.5 Å². The van der Waals surface area contributed by atoms with Gasteiger partial charge in [0.25, 0.3) is 5.91 Å². The molecule has 1 N–H and O–H groups in total. The molecule has 0 unspecified atom stereocenters. The summed E-state index contributed by atoms with van der Waals surface area (Å²) < 4.78 is 75.1. The second kappa shape index (κ2) is 11.4. The Morgan fingerprint density at radius 1 is 1.02 bits per heavy atom. The van der Waals surface area contributed by atoms with Crippen LogP contribution in [0, 0.1) is 5.82 Å². The Balaban J connectivity index is 1.65. The average molecular weight is 606 g/mol. The normalized spacial score (nSPS) is 19.4. The van der Waals surface area contributed by atoms with E-state index in [1.165, 1.54) is 38.4 Å². The highest BCUT2D eigenvalue weighted by atomic mass is 32.2. The van der Waals surface area contributed by atoms with Crippen molar-refractivity contribution in [1.82, 2.24) is 9.62 Å². The van der Waals surface area contributed by atoms with Gasteiger partial charge in [-0.1, -0.05) is 19.3 Å². The number of piperidine rings is 1. The maximum absolute atomic E-state index is 13.7. The van der Waals surface area contributed by atoms with Gasteiger partial charge in [0.2, 0.25) is 20.0 Å². The molecule has 3 aromatic rings. The van der Waals surface area contributed by atoms with E-state index in [4.69, 9.17) is 4.42 Å². The molecule has 1 amide bonds. The Hall–Kier alpha value is -2.96. The molecule has 2 heterocycles. The molecule has 9 nitrogen and oxygen atoms in total. The van der Waals surface area contributed by atoms with Crippen LogP contribution < -0.4 is 9.62 Å². The lowest BCUT2D eigenvalue weighted by atomic mass is 9.89. The molecule has 1 saturated carbocycles. The van der Waals surface area contributed by atoms with E-state index in [0.717, 1.165) is 29.8 Å². The number of nitrogens with zero attached hydrogens (tertiary/aromatic N) is 2. The van der Waals surface area contributed by atoms with E-state index < -0.39 is 31.8 Å². The van der Waals surface area contributed by atoms with Gasteiger partial charge in [0.1, 0.15) is 17.2 Å². The molecule has 2 aromatic carbocycles. The van der Waals surface area contributed by atoms with Crippen LogP contribution in [0.4, 0.5) is 10.1 Å². The van der Waals surface area contributed by atoms with Gasteiger partial charge in [0, 0.05) is 44.2 Å². The van der Waals surface area contributed by atoms with Gasteiger partial charge >= 0.3 is 0 Å². The summed E-state index contributed by atoms with van der Waals surface area (Å²) in [6, 6.07) is 8.92. The largest absolute Gasteiger partial charge is 0.455 e. The van der Waals surface area contributed by atoms with Crippen molar-refractivity contribution in [3.8, 4) is 11.3 Å². The van der Waals surface area contributed by atoms with Crippen LogP contribution in [0.1, 0.15) is 66.8 Å². The minimum Gasteiger partial charge on any atom is -0.455 e. The highest BCUT2D eigenvalue weighted by molar-refractivity contribution is 7.92. The van der Waals surface area contributed by atoms with Crippen molar-refractivity contribution in [2.75, 3.05) is 37.7 Å². The SMILES string of the molecule is CNC(=O)c1c(-c2ccc(F)cc2)oc2cc(N(C)S(C)(=O)=O)c([C@H]3CCCN(S(=O)(=O)C4CCCCC4)C3)cc12. The third-order valence-corrected chi connectivity index (χ3v) is 11.9. The van der Waals surface area contributed by atoms with Gasteiger partial charge in [-0.3, -0.25) is 9.10 Å². The van der Waals surface area contributed by atoms with Crippen LogP contribution in [0.25, 0.3) is 22.3 Å². The fraction of sp³-hybridized carbons (Fsp3) is 0.483. The molecular formula is C29H36FN3O6S2. The Morgan fingerprint density at radius 2 is 1.71 bits per heavy atom. The van der Waals surface area contributed by atoms with Crippen molar-refractivity contribution < 1.29 is 30.4 Å². The van der Waals surface area contributed by atoms with Gasteiger partial charge < -0.3 is 9.73 Å². The number of sulfonamides is 2. The van der Waals surface area contributed by atoms with E-state index >= 15 is 0 Å². The molecule has 1 aliphatic carbocycles. The number of carbonyl (C=O) groups is 1. The molecule has 1 saturated heterocycles. The van der Waals surface area contributed by atoms with Gasteiger partial charge in [0.15, 0.2) is 0 Å². The molecule has 0 bridgehead atoms. The number of anilines is 1. The summed E-state index contributed by atoms with van der Waals surface area (Å²) in [6.07, 6.45) is 6.57. The Labute approximate surface area is 240 Å². The van der Waals surface area contributed by atoms with E-state index in [1.54, 1.807) is 16.4 Å². The number of fused-ring (bicyclic) bond motifs is 1. The van der Waals surface area contributed by atoms with Crippen LogP contribution in [-0.4, -0.2) is 65.7 Å². The summed E-state index contributed by atoms with van der Waals surface area (Å²) in [5.41, 5.74) is 2.02. The highest BCUT2D eigenvalue weighted by Gasteiger charge is 2.37. The monoisotopic (exact) mass is 605 g/mol. The van der Waals surface area contributed by atoms with Gasteiger partial charge in [-0.15, -0.1) is 0 Å². The molecule has 2 aliphatic rings. The molecule has 41 heavy (non-hydrogen) atoms. The second-order valence-corrected chi connectivity index (χ2v) is 15.3. The quantitative estimate of drug-likeness (QED) is 0.412. The molecular weight excluding hydrogens is 569 g/mol. The third kappa shape index (κ3) is 5.74. The van der Waals surface area contributed by atoms with Crippen molar-refractivity contribution in [3.05, 3.63) is 53.3 Å². The van der Waals surface area contributed by atoms with Crippen LogP contribution in [0.3, 0.4) is 0 Å². The topological polar surface area (TPSA) is 117 Å². The smallest absolute Gasteiger partial charge is 0.255 e. The zero-order chi connectivity index (χ0) is 29.5. The number of benzene rings is 2. The van der Waals surface area contributed by atoms with Crippen molar-refractivity contribution in [3.63, 3.8) is 0 Å². The van der Waals surface area contributed by atoms with E-state index in [9.17, 15) is 26.0 Å². The van der Waals surface area contributed by atoms with Crippen LogP contribution in [0.5, 0.6) is 0 Å². The van der Waals surface area contributed by atoms with E-state index in [-0.39, 0.29) is 29.0 Å². The standard InChI is InChI=1S/C29H36FN3O6S2/c1-31-29(34)27-24-16-23(20-8-7-15-33(18-20)41(37,38)22-9-5-4-6-10-22)25(32(2)40(3,35)36)17-26(24)39-28(27)19-11-13-21(30)14-12-19/h11-14,16-17,20,22H,4-10,15,18H2,1-3H3,(H,31,34)/t20-/m0/s1. The lowest BCUT2D eigenvalue weighted by molar-refractivity contribution is 0.0964. The Kier molecular flexibility index (Phi) is 8.19. The van der Waals surface area contributed by atoms with Crippen molar-refractivity contribution in [2.24, 2.45) is 0 Å². The van der Waals surface area contributed by atoms with Crippen LogP contribution in [0.15, 0.2) is 40.8 Å². The minimum atomic E-state index is -3.69. The predicted octanol–water partition coefficient (Wildman–Crippen LogP) is 4.84. The molecule has 12 heteroatoms. The summed E-state index contributed by atoms with van der Waals surface area (Å²) in [5, 5.41) is 2.72. The first kappa shape index (κ1) is 29.5. The summed E-state index contributed by atoms with van der Waals surface area (Å²) in [7, 11) is -4.25. The zero-order valence-electron chi connectivity index (χ0n) is 23.5. The fourth-order valence-electron chi connectivity index (χ4n) is 6.08. The van der Waals surface area contributed by atoms with Gasteiger partial charge in [-0.2, -0.15) is 0 Å². The maximum atomic E-state index is 13.7. The number of amides is 1. The number of rotatable bonds is 7. The van der Waals surface area contributed by atoms with E-state index in [0.29, 0.717) is 60.0 Å². The Morgan fingerprint density at radius 3 is 2.34 bits per heavy atom. The predicted molar refractivity (Wildman–Crippen MR) is 158 cm³/mol. The summed E-state index contributed by atoms with van der Waals surface area (Å²) in [5.74, 6) is -0.916. The molecule has 2 fully saturated rings. The zero-order valence-corrected chi connectivity index (χ0v) is 25.2. The number of halogens is 1. The Bertz CT molecular complexity index is 1660. The van der Waals surface area contributed by atoms with E-state index in [1.807, 2.05) is 0 Å². The lowest BCUT2D eigenvalue weighted by Gasteiger charge is -2.36. The van der Waals surface area contributed by atoms with Gasteiger partial charge in [-0.25, -0.2) is 25.5 Å². The van der Waals surface area contributed by atoms with Crippen molar-refractivity contribution in [1.29, 1.82) is 0 Å². The van der Waals surface area contributed by atoms with Crippen molar-refractivity contribution in [2.45, 2.75) is 56.1 Å². The highest BCUT2D eigenvalue weighted by Crippen LogP contribution is 2.42. The average Bonchev–Trinajstić information content (AvgIpc) is 3.34. The van der Waals surface area contributed by atoms with Gasteiger partial charge in [0.05, 0.1) is 22.8 Å². The first-order valence-electron chi connectivity index (χ1n) is 13.9. The number of nitrogens with one attached hydrogen (secondary N) is 1. The number of hydrogen-bond donors (Lipinski definition) is 1. The van der Waals surface area contributed by atoms with E-state index in [2.05, 4.69) is 5.32 Å². The number of furan rings is 1. The molecule has 0 spiro atoms. The van der Waals surface area contributed by atoms with Crippen LogP contribution >= 0.6 is 0 Å². The molecule has 222 valence electrons. The van der Waals surface area contributed by atoms with Crippen LogP contribution in [0.2, 0.25) is 0 Å². The van der Waals surface area contributed by atoms with Crippen molar-refractivity contribution >= 4 is 42.6 Å². The minimum absolute atomic E-state index is 0.229. The molecule has 1 atom stereocenters.